The number of nitrogens with one attached hydrogen (secondary N) is 2. The van der Waals surface area contributed by atoms with E-state index in [0.29, 0.717) is 0 Å². The Morgan fingerprint density at radius 1 is 1.00 bits per heavy atom. The molecule has 3 aliphatic rings. The summed E-state index contributed by atoms with van der Waals surface area (Å²) in [7, 11) is 0. The largest absolute Gasteiger partial charge is 0.396 e. The lowest BCUT2D eigenvalue weighted by atomic mass is 9.99. The third-order valence-corrected chi connectivity index (χ3v) is 11.2. The number of thiol groups is 2. The first-order chi connectivity index (χ1) is 21.9. The molecule has 7 N–H and O–H groups in total. The molecule has 0 radical (unpaired) electrons. The highest BCUT2D eigenvalue weighted by atomic mass is 32.7. The molecule has 0 spiro atoms. The summed E-state index contributed by atoms with van der Waals surface area (Å²) >= 11 is 8.28. The molecule has 248 valence electrons. The Labute approximate surface area is 267 Å². The van der Waals surface area contributed by atoms with Gasteiger partial charge in [-0.2, -0.15) is 4.98 Å². The van der Waals surface area contributed by atoms with Crippen LogP contribution in [0.5, 0.6) is 0 Å². The highest BCUT2D eigenvalue weighted by molar-refractivity contribution is 8.45. The monoisotopic (exact) mass is 721 g/mol. The van der Waals surface area contributed by atoms with Gasteiger partial charge in [0.2, 0.25) is 5.95 Å². The molecule has 10 atom stereocenters. The normalized spacial score (nSPS) is 37.1. The van der Waals surface area contributed by atoms with Crippen molar-refractivity contribution in [2.45, 2.75) is 43.0 Å². The van der Waals surface area contributed by atoms with Crippen LogP contribution in [-0.2, 0) is 32.2 Å². The van der Waals surface area contributed by atoms with Gasteiger partial charge in [-0.3, -0.25) is 32.5 Å². The first-order valence-electron chi connectivity index (χ1n) is 13.5. The van der Waals surface area contributed by atoms with Crippen LogP contribution in [0.3, 0.4) is 0 Å². The first-order valence-corrected chi connectivity index (χ1v) is 18.9. The fourth-order valence-electron chi connectivity index (χ4n) is 5.69. The maximum absolute atomic E-state index is 16.1. The van der Waals surface area contributed by atoms with Gasteiger partial charge in [0.05, 0.1) is 44.6 Å². The Morgan fingerprint density at radius 3 is 2.46 bits per heavy atom. The Bertz CT molecular complexity index is 1970. The summed E-state index contributed by atoms with van der Waals surface area (Å²) < 4.78 is 75.0. The lowest BCUT2D eigenvalue weighted by molar-refractivity contribution is -0.0484. The molecule has 7 heterocycles. The van der Waals surface area contributed by atoms with Crippen molar-refractivity contribution in [2.75, 3.05) is 31.3 Å². The van der Waals surface area contributed by atoms with E-state index >= 15 is 4.39 Å². The number of aromatic amines is 1. The lowest BCUT2D eigenvalue weighted by Crippen LogP contribution is -2.42. The average molecular weight is 722 g/mol. The van der Waals surface area contributed by atoms with Crippen LogP contribution in [0.4, 0.5) is 16.2 Å². The molecule has 4 aromatic rings. The number of nitrogen functional groups attached to an aromatic ring is 2. The summed E-state index contributed by atoms with van der Waals surface area (Å²) in [6, 6.07) is -1.38. The smallest absolute Gasteiger partial charge is 0.386 e. The van der Waals surface area contributed by atoms with Gasteiger partial charge in [0.15, 0.2) is 41.3 Å². The SMILES string of the molecule is Nc1nc2c(ncn2C2OC3CO[P@](=O)(S)NC4C(CO[P@](=O)(S)OC2C3CO)OC(n2cnc3c(N)ncnc32)C4F)c(=O)[nH]1. The van der Waals surface area contributed by atoms with Crippen molar-refractivity contribution in [1.29, 1.82) is 0 Å². The van der Waals surface area contributed by atoms with Crippen LogP contribution in [0.1, 0.15) is 12.5 Å². The van der Waals surface area contributed by atoms with Gasteiger partial charge in [-0.15, -0.1) is 0 Å². The Kier molecular flexibility index (Phi) is 8.16. The van der Waals surface area contributed by atoms with Gasteiger partial charge >= 0.3 is 13.5 Å². The van der Waals surface area contributed by atoms with E-state index in [1.54, 1.807) is 0 Å². The maximum Gasteiger partial charge on any atom is 0.386 e. The minimum atomic E-state index is -4.35. The molecule has 0 aliphatic carbocycles. The van der Waals surface area contributed by atoms with Crippen LogP contribution in [0.15, 0.2) is 23.8 Å². The fourth-order valence-corrected chi connectivity index (χ4v) is 8.89. The highest BCUT2D eigenvalue weighted by Crippen LogP contribution is 2.59. The lowest BCUT2D eigenvalue weighted by Gasteiger charge is -2.27. The van der Waals surface area contributed by atoms with Gasteiger partial charge in [0.25, 0.3) is 5.56 Å². The van der Waals surface area contributed by atoms with E-state index in [-0.39, 0.29) is 34.1 Å². The third-order valence-electron chi connectivity index (χ3n) is 7.80. The van der Waals surface area contributed by atoms with Crippen LogP contribution in [0.25, 0.3) is 22.3 Å². The van der Waals surface area contributed by atoms with Gasteiger partial charge in [-0.1, -0.05) is 24.5 Å². The topological polar surface area (TPSA) is 272 Å². The number of H-pyrrole nitrogens is 1. The number of aliphatic hydroxyl groups is 1. The molecule has 46 heavy (non-hydrogen) atoms. The number of hydrogen-bond donors (Lipinski definition) is 7. The maximum atomic E-state index is 16.1. The molecule has 8 unspecified atom stereocenters. The van der Waals surface area contributed by atoms with E-state index in [0.717, 1.165) is 0 Å². The number of halogens is 1. The first kappa shape index (κ1) is 31.9. The average Bonchev–Trinajstić information content (AvgIpc) is 3.75. The highest BCUT2D eigenvalue weighted by Gasteiger charge is 2.53. The van der Waals surface area contributed by atoms with E-state index in [4.69, 9.17) is 34.5 Å². The van der Waals surface area contributed by atoms with Crippen molar-refractivity contribution in [2.24, 2.45) is 5.92 Å². The number of fused-ring (bicyclic) bond motifs is 5. The van der Waals surface area contributed by atoms with Gasteiger partial charge in [-0.05, 0) is 0 Å². The molecule has 7 rings (SSSR count). The zero-order chi connectivity index (χ0) is 32.5. The van der Waals surface area contributed by atoms with Crippen LogP contribution in [0, 0.1) is 5.92 Å². The van der Waals surface area contributed by atoms with Gasteiger partial charge in [0.1, 0.15) is 24.1 Å². The Balaban J connectivity index is 1.22. The van der Waals surface area contributed by atoms with Crippen LogP contribution in [0.2, 0.25) is 0 Å². The zero-order valence-electron chi connectivity index (χ0n) is 23.1. The minimum Gasteiger partial charge on any atom is -0.396 e. The van der Waals surface area contributed by atoms with Gasteiger partial charge < -0.3 is 30.6 Å². The quantitative estimate of drug-likeness (QED) is 0.111. The molecule has 3 aliphatic heterocycles. The summed E-state index contributed by atoms with van der Waals surface area (Å²) in [6.45, 7) is -10.1. The number of ether oxygens (including phenoxy) is 2. The predicted molar refractivity (Wildman–Crippen MR) is 162 cm³/mol. The van der Waals surface area contributed by atoms with Crippen molar-refractivity contribution in [3.05, 3.63) is 29.3 Å². The summed E-state index contributed by atoms with van der Waals surface area (Å²) in [5.74, 6) is -1.12. The van der Waals surface area contributed by atoms with Crippen molar-refractivity contribution in [3.8, 4) is 0 Å². The van der Waals surface area contributed by atoms with Crippen molar-refractivity contribution in [1.82, 2.24) is 44.1 Å². The van der Waals surface area contributed by atoms with Crippen LogP contribution < -0.4 is 22.1 Å². The summed E-state index contributed by atoms with van der Waals surface area (Å²) in [6.07, 6.45) is -4.48. The molecule has 2 bridgehead atoms. The van der Waals surface area contributed by atoms with Crippen molar-refractivity contribution in [3.63, 3.8) is 0 Å². The van der Waals surface area contributed by atoms with Gasteiger partial charge in [0, 0.05) is 5.92 Å². The Morgan fingerprint density at radius 2 is 1.70 bits per heavy atom. The second-order valence-electron chi connectivity index (χ2n) is 10.6. The molecular formula is C21H26FN11O9P2S2. The van der Waals surface area contributed by atoms with E-state index in [2.05, 4.69) is 59.5 Å². The standard InChI is InChI=1S/C21H26FN11O9P2S2/c22-10-11-9(41-19(10)32-5-27-12-15(23)25-4-26-16(12)32)3-39-44(37,46)42-14-7(1-34)8(2-38-43(36,45)31-11)40-20(14)33-6-28-13-17(33)29-21(24)30-18(13)35/h4-11,14,19-20,34H,1-3H2,(H,37,46)(H2,23,25,26)(H2,31,36,45)(H3,24,29,30,35)/t7?,8?,9?,10?,11?,14?,19?,20?,43-,44-/m0/s1. The summed E-state index contributed by atoms with van der Waals surface area (Å²) in [5, 5.41) is 12.9. The van der Waals surface area contributed by atoms with Crippen LogP contribution in [-0.4, -0.2) is 94.5 Å². The number of anilines is 2. The number of hydrogen-bond acceptors (Lipinski definition) is 16. The molecule has 25 heteroatoms. The number of aromatic nitrogens is 8. The fraction of sp³-hybridized carbons (Fsp3) is 0.524. The number of nitrogens with two attached hydrogens (primary N) is 2. The number of aliphatic hydroxyl groups excluding tert-OH is 1. The van der Waals surface area contributed by atoms with Gasteiger partial charge in [-0.25, -0.2) is 34.0 Å². The molecule has 0 amide bonds. The molecule has 0 saturated carbocycles. The molecule has 0 aromatic carbocycles. The number of alkyl halides is 1. The van der Waals surface area contributed by atoms with Crippen molar-refractivity contribution >= 4 is 72.1 Å². The molecule has 3 saturated heterocycles. The molecule has 4 aromatic heterocycles. The molecular weight excluding hydrogens is 695 g/mol. The van der Waals surface area contributed by atoms with Crippen molar-refractivity contribution < 1.29 is 41.7 Å². The predicted octanol–water partition coefficient (Wildman–Crippen LogP) is 0.331. The summed E-state index contributed by atoms with van der Waals surface area (Å²) in [5.41, 5.74) is 11.3. The number of nitrogens with zero attached hydrogens (tertiary/aromatic N) is 7. The Hall–Kier alpha value is -2.69. The van der Waals surface area contributed by atoms with E-state index in [1.165, 1.54) is 28.1 Å². The van der Waals surface area contributed by atoms with E-state index in [9.17, 15) is 19.0 Å². The van der Waals surface area contributed by atoms with Crippen LogP contribution >= 0.6 is 38.0 Å². The zero-order valence-corrected chi connectivity index (χ0v) is 26.7. The molecule has 3 fully saturated rings. The minimum absolute atomic E-state index is 0.00282. The second-order valence-corrected chi connectivity index (χ2v) is 16.6. The second kappa shape index (κ2) is 11.8. The molecule has 20 nitrogen and oxygen atoms in total. The third kappa shape index (κ3) is 5.62. The summed E-state index contributed by atoms with van der Waals surface area (Å²) in [4.78, 5) is 35.0. The van der Waals surface area contributed by atoms with E-state index in [1.807, 2.05) is 0 Å². The number of rotatable bonds is 3. The number of imidazole rings is 2. The van der Waals surface area contributed by atoms with E-state index < -0.39 is 87.8 Å².